The molecular formula is C13H22N2O. The minimum absolute atomic E-state index is 0.112. The Morgan fingerprint density at radius 2 is 2.12 bits per heavy atom. The highest BCUT2D eigenvalue weighted by Crippen LogP contribution is 2.36. The van der Waals surface area contributed by atoms with Crippen molar-refractivity contribution in [3.05, 3.63) is 29.8 Å². The summed E-state index contributed by atoms with van der Waals surface area (Å²) in [7, 11) is 1.68. The van der Waals surface area contributed by atoms with Crippen LogP contribution in [0.5, 0.6) is 5.75 Å². The van der Waals surface area contributed by atoms with E-state index in [1.54, 1.807) is 7.11 Å². The van der Waals surface area contributed by atoms with Crippen LogP contribution >= 0.6 is 0 Å². The van der Waals surface area contributed by atoms with Crippen LogP contribution in [0, 0.1) is 5.41 Å². The van der Waals surface area contributed by atoms with E-state index in [0.717, 1.165) is 17.7 Å². The van der Waals surface area contributed by atoms with Crippen molar-refractivity contribution in [3.63, 3.8) is 0 Å². The van der Waals surface area contributed by atoms with Crippen LogP contribution in [-0.2, 0) is 0 Å². The van der Waals surface area contributed by atoms with Gasteiger partial charge in [0.15, 0.2) is 0 Å². The van der Waals surface area contributed by atoms with Crippen molar-refractivity contribution >= 4 is 0 Å². The topological polar surface area (TPSA) is 47.3 Å². The van der Waals surface area contributed by atoms with Crippen LogP contribution in [0.4, 0.5) is 0 Å². The van der Waals surface area contributed by atoms with E-state index in [1.165, 1.54) is 0 Å². The largest absolute Gasteiger partial charge is 0.497 e. The zero-order valence-corrected chi connectivity index (χ0v) is 10.6. The molecule has 1 unspecified atom stereocenters. The van der Waals surface area contributed by atoms with Gasteiger partial charge in [0, 0.05) is 0 Å². The molecule has 0 saturated heterocycles. The Balaban J connectivity index is 3.03. The molecule has 16 heavy (non-hydrogen) atoms. The highest BCUT2D eigenvalue weighted by Gasteiger charge is 2.28. The lowest BCUT2D eigenvalue weighted by atomic mass is 9.78. The molecule has 0 aliphatic rings. The van der Waals surface area contributed by atoms with Gasteiger partial charge in [0.1, 0.15) is 5.75 Å². The number of nitrogens with two attached hydrogens (primary N) is 1. The first-order valence-electron chi connectivity index (χ1n) is 5.65. The van der Waals surface area contributed by atoms with Gasteiger partial charge < -0.3 is 4.74 Å². The van der Waals surface area contributed by atoms with E-state index in [4.69, 9.17) is 10.6 Å². The summed E-state index contributed by atoms with van der Waals surface area (Å²) < 4.78 is 5.23. The fourth-order valence-electron chi connectivity index (χ4n) is 1.80. The van der Waals surface area contributed by atoms with Gasteiger partial charge in [-0.15, -0.1) is 0 Å². The summed E-state index contributed by atoms with van der Waals surface area (Å²) in [6.45, 7) is 6.58. The number of hydrogen-bond acceptors (Lipinski definition) is 3. The Morgan fingerprint density at radius 3 is 2.62 bits per heavy atom. The molecule has 0 aliphatic carbocycles. The Kier molecular flexibility index (Phi) is 4.33. The number of rotatable bonds is 5. The summed E-state index contributed by atoms with van der Waals surface area (Å²) in [5.74, 6) is 6.53. The van der Waals surface area contributed by atoms with Gasteiger partial charge in [0.25, 0.3) is 0 Å². The van der Waals surface area contributed by atoms with E-state index in [1.807, 2.05) is 18.2 Å². The number of methoxy groups -OCH3 is 1. The maximum absolute atomic E-state index is 5.67. The minimum atomic E-state index is 0.112. The summed E-state index contributed by atoms with van der Waals surface area (Å²) in [4.78, 5) is 0. The quantitative estimate of drug-likeness (QED) is 0.594. The lowest BCUT2D eigenvalue weighted by Gasteiger charge is -2.33. The van der Waals surface area contributed by atoms with Crippen LogP contribution in [0.25, 0.3) is 0 Å². The van der Waals surface area contributed by atoms with E-state index < -0.39 is 0 Å². The van der Waals surface area contributed by atoms with Gasteiger partial charge >= 0.3 is 0 Å². The number of ether oxygens (including phenoxy) is 1. The molecule has 90 valence electrons. The van der Waals surface area contributed by atoms with Gasteiger partial charge in [-0.25, -0.2) is 0 Å². The molecule has 3 heteroatoms. The lowest BCUT2D eigenvalue weighted by Crippen LogP contribution is -2.38. The fraction of sp³-hybridized carbons (Fsp3) is 0.538. The third kappa shape index (κ3) is 2.74. The second kappa shape index (κ2) is 5.32. The summed E-state index contributed by atoms with van der Waals surface area (Å²) >= 11 is 0. The molecule has 3 N–H and O–H groups in total. The zero-order chi connectivity index (χ0) is 12.2. The van der Waals surface area contributed by atoms with Crippen molar-refractivity contribution in [3.8, 4) is 5.75 Å². The number of benzene rings is 1. The lowest BCUT2D eigenvalue weighted by molar-refractivity contribution is 0.235. The third-order valence-electron chi connectivity index (χ3n) is 3.29. The van der Waals surface area contributed by atoms with E-state index >= 15 is 0 Å². The molecule has 0 heterocycles. The molecule has 0 spiro atoms. The van der Waals surface area contributed by atoms with Gasteiger partial charge in [0.2, 0.25) is 0 Å². The van der Waals surface area contributed by atoms with Crippen molar-refractivity contribution in [2.24, 2.45) is 11.3 Å². The van der Waals surface area contributed by atoms with E-state index in [2.05, 4.69) is 32.3 Å². The van der Waals surface area contributed by atoms with Crippen molar-refractivity contribution in [1.29, 1.82) is 0 Å². The minimum Gasteiger partial charge on any atom is -0.497 e. The molecule has 3 nitrogen and oxygen atoms in total. The molecule has 1 rings (SSSR count). The smallest absolute Gasteiger partial charge is 0.119 e. The molecule has 1 aromatic carbocycles. The first kappa shape index (κ1) is 13.0. The predicted molar refractivity (Wildman–Crippen MR) is 67.1 cm³/mol. The Bertz CT molecular complexity index is 336. The second-order valence-electron chi connectivity index (χ2n) is 4.72. The second-order valence-corrected chi connectivity index (χ2v) is 4.72. The number of hydrogen-bond donors (Lipinski definition) is 2. The van der Waals surface area contributed by atoms with Gasteiger partial charge in [0.05, 0.1) is 13.2 Å². The molecule has 0 saturated carbocycles. The monoisotopic (exact) mass is 222 g/mol. The summed E-state index contributed by atoms with van der Waals surface area (Å²) in [5.41, 5.74) is 4.18. The van der Waals surface area contributed by atoms with Crippen LogP contribution in [-0.4, -0.2) is 7.11 Å². The maximum Gasteiger partial charge on any atom is 0.119 e. The predicted octanol–water partition coefficient (Wildman–Crippen LogP) is 2.64. The van der Waals surface area contributed by atoms with E-state index in [0.29, 0.717) is 0 Å². The molecule has 0 bridgehead atoms. The van der Waals surface area contributed by atoms with Crippen molar-refractivity contribution in [2.75, 3.05) is 7.11 Å². The highest BCUT2D eigenvalue weighted by molar-refractivity contribution is 5.31. The van der Waals surface area contributed by atoms with Gasteiger partial charge in [-0.1, -0.05) is 32.9 Å². The van der Waals surface area contributed by atoms with Gasteiger partial charge in [-0.2, -0.15) is 0 Å². The maximum atomic E-state index is 5.67. The summed E-state index contributed by atoms with van der Waals surface area (Å²) in [6.07, 6.45) is 1.05. The summed E-state index contributed by atoms with van der Waals surface area (Å²) in [6, 6.07) is 8.17. The van der Waals surface area contributed by atoms with Crippen LogP contribution in [0.15, 0.2) is 24.3 Å². The Labute approximate surface area is 98.0 Å². The highest BCUT2D eigenvalue weighted by atomic mass is 16.5. The van der Waals surface area contributed by atoms with E-state index in [9.17, 15) is 0 Å². The van der Waals surface area contributed by atoms with Crippen LogP contribution < -0.4 is 16.0 Å². The third-order valence-corrected chi connectivity index (χ3v) is 3.29. The first-order valence-corrected chi connectivity index (χ1v) is 5.65. The zero-order valence-electron chi connectivity index (χ0n) is 10.6. The molecular weight excluding hydrogens is 200 g/mol. The SMILES string of the molecule is CCC(C)(C)C(NN)c1cccc(OC)c1. The fourth-order valence-corrected chi connectivity index (χ4v) is 1.80. The molecule has 1 atom stereocenters. The van der Waals surface area contributed by atoms with E-state index in [-0.39, 0.29) is 11.5 Å². The summed E-state index contributed by atoms with van der Waals surface area (Å²) in [5, 5.41) is 0. The normalized spacial score (nSPS) is 13.6. The Morgan fingerprint density at radius 1 is 1.44 bits per heavy atom. The van der Waals surface area contributed by atoms with Crippen molar-refractivity contribution in [2.45, 2.75) is 33.2 Å². The number of hydrazine groups is 1. The number of nitrogens with one attached hydrogen (secondary N) is 1. The van der Waals surface area contributed by atoms with Crippen LogP contribution in [0.2, 0.25) is 0 Å². The standard InChI is InChI=1S/C13H22N2O/c1-5-13(2,3)12(15-14)10-7-6-8-11(9-10)16-4/h6-9,12,15H,5,14H2,1-4H3. The van der Waals surface area contributed by atoms with Crippen LogP contribution in [0.1, 0.15) is 38.8 Å². The molecule has 0 fully saturated rings. The average molecular weight is 222 g/mol. The van der Waals surface area contributed by atoms with Gasteiger partial charge in [-0.3, -0.25) is 11.3 Å². The average Bonchev–Trinajstić information content (AvgIpc) is 2.30. The van der Waals surface area contributed by atoms with Crippen molar-refractivity contribution in [1.82, 2.24) is 5.43 Å². The van der Waals surface area contributed by atoms with Gasteiger partial charge in [-0.05, 0) is 29.5 Å². The molecule has 1 aromatic rings. The molecule has 0 amide bonds. The van der Waals surface area contributed by atoms with Crippen LogP contribution in [0.3, 0.4) is 0 Å². The molecule has 0 aromatic heterocycles. The molecule has 0 aliphatic heterocycles. The molecule has 0 radical (unpaired) electrons. The first-order chi connectivity index (χ1) is 7.55. The Hall–Kier alpha value is -1.06. The van der Waals surface area contributed by atoms with Crippen molar-refractivity contribution < 1.29 is 4.74 Å².